The van der Waals surface area contributed by atoms with Gasteiger partial charge in [-0.2, -0.15) is 0 Å². The molecule has 0 aromatic rings. The number of hydrogen-bond acceptors (Lipinski definition) is 4. The van der Waals surface area contributed by atoms with Crippen molar-refractivity contribution in [1.82, 2.24) is 0 Å². The van der Waals surface area contributed by atoms with Crippen LogP contribution < -0.4 is 0 Å². The van der Waals surface area contributed by atoms with Crippen molar-refractivity contribution in [3.05, 3.63) is 46.6 Å². The van der Waals surface area contributed by atoms with Crippen molar-refractivity contribution >= 4 is 11.1 Å². The van der Waals surface area contributed by atoms with Crippen LogP contribution in [0, 0.1) is 0 Å². The van der Waals surface area contributed by atoms with Crippen LogP contribution in [0.5, 0.6) is 0 Å². The number of aliphatic hydroxyl groups excluding tert-OH is 2. The van der Waals surface area contributed by atoms with Gasteiger partial charge in [-0.15, -0.1) is 0 Å². The topological polar surface area (TPSA) is 80.6 Å². The van der Waals surface area contributed by atoms with E-state index in [1.807, 2.05) is 52.0 Å². The first-order valence-corrected chi connectivity index (χ1v) is 9.87. The Morgan fingerprint density at radius 2 is 1.36 bits per heavy atom. The molecule has 0 aliphatic carbocycles. The fraction of sp³-hybridized carbons (Fsp3) is 0.600. The Balaban J connectivity index is 4.61. The van der Waals surface area contributed by atoms with E-state index in [9.17, 15) is 8.76 Å². The first-order valence-electron chi connectivity index (χ1n) is 8.74. The fourth-order valence-corrected chi connectivity index (χ4v) is 2.84. The van der Waals surface area contributed by atoms with E-state index >= 15 is 0 Å². The third kappa shape index (κ3) is 12.9. The lowest BCUT2D eigenvalue weighted by molar-refractivity contribution is 0.330. The molecule has 2 N–H and O–H groups in total. The Hall–Kier alpha value is -1.01. The van der Waals surface area contributed by atoms with Gasteiger partial charge in [0.05, 0.1) is 13.2 Å². The van der Waals surface area contributed by atoms with E-state index in [1.54, 1.807) is 0 Å². The SMILES string of the molecule is CC(=CCCC(C)=CCC(C=C(C)CCC=C(C)CO)S(=O)[O-])CO. The molecule has 0 aromatic carbocycles. The second-order valence-electron chi connectivity index (χ2n) is 6.59. The number of hydrogen-bond donors (Lipinski definition) is 2. The van der Waals surface area contributed by atoms with Crippen molar-refractivity contribution in [2.75, 3.05) is 13.2 Å². The number of rotatable bonds is 12. The van der Waals surface area contributed by atoms with E-state index in [0.717, 1.165) is 48.0 Å². The van der Waals surface area contributed by atoms with Crippen molar-refractivity contribution in [3.63, 3.8) is 0 Å². The first kappa shape index (κ1) is 24.0. The average Bonchev–Trinajstić information content (AvgIpc) is 2.57. The molecule has 5 heteroatoms. The summed E-state index contributed by atoms with van der Waals surface area (Å²) in [4.78, 5) is 0. The highest BCUT2D eigenvalue weighted by molar-refractivity contribution is 7.80. The van der Waals surface area contributed by atoms with Gasteiger partial charge in [-0.25, -0.2) is 0 Å². The van der Waals surface area contributed by atoms with Gasteiger partial charge in [0.15, 0.2) is 0 Å². The summed E-state index contributed by atoms with van der Waals surface area (Å²) in [6.07, 6.45) is 11.6. The molecule has 0 fully saturated rings. The van der Waals surface area contributed by atoms with Crippen LogP contribution in [0.1, 0.15) is 59.8 Å². The molecule has 0 aromatic heterocycles. The van der Waals surface area contributed by atoms with Gasteiger partial charge >= 0.3 is 0 Å². The maximum atomic E-state index is 11.5. The minimum absolute atomic E-state index is 0.0626. The van der Waals surface area contributed by atoms with E-state index in [2.05, 4.69) is 0 Å². The number of allylic oxidation sites excluding steroid dienone is 5. The van der Waals surface area contributed by atoms with Gasteiger partial charge in [-0.05, 0) is 70.9 Å². The van der Waals surface area contributed by atoms with Crippen LogP contribution in [0.3, 0.4) is 0 Å². The van der Waals surface area contributed by atoms with E-state index < -0.39 is 16.3 Å². The molecule has 144 valence electrons. The van der Waals surface area contributed by atoms with Gasteiger partial charge in [-0.1, -0.05) is 46.6 Å². The van der Waals surface area contributed by atoms with Crippen LogP contribution >= 0.6 is 0 Å². The summed E-state index contributed by atoms with van der Waals surface area (Å²) in [6, 6.07) is 0. The molecule has 4 nitrogen and oxygen atoms in total. The van der Waals surface area contributed by atoms with Crippen molar-refractivity contribution in [2.45, 2.75) is 65.0 Å². The minimum Gasteiger partial charge on any atom is -0.772 e. The Bertz CT molecular complexity index is 530. The van der Waals surface area contributed by atoms with Crippen molar-refractivity contribution in [3.8, 4) is 0 Å². The minimum atomic E-state index is -2.14. The third-order valence-corrected chi connectivity index (χ3v) is 4.80. The lowest BCUT2D eigenvalue weighted by Gasteiger charge is -2.16. The van der Waals surface area contributed by atoms with Crippen LogP contribution in [0.2, 0.25) is 0 Å². The fourth-order valence-electron chi connectivity index (χ4n) is 2.24. The average molecular weight is 370 g/mol. The van der Waals surface area contributed by atoms with Crippen LogP contribution in [-0.2, 0) is 11.1 Å². The van der Waals surface area contributed by atoms with Gasteiger partial charge < -0.3 is 14.8 Å². The highest BCUT2D eigenvalue weighted by Gasteiger charge is 2.05. The Kier molecular flexibility index (Phi) is 13.6. The highest BCUT2D eigenvalue weighted by Crippen LogP contribution is 2.15. The third-order valence-electron chi connectivity index (χ3n) is 3.98. The second-order valence-corrected chi connectivity index (χ2v) is 7.72. The Labute approximate surface area is 155 Å². The van der Waals surface area contributed by atoms with E-state index in [0.29, 0.717) is 6.42 Å². The summed E-state index contributed by atoms with van der Waals surface area (Å²) in [5, 5.41) is 17.4. The molecule has 0 rings (SSSR count). The molecule has 0 saturated carbocycles. The Morgan fingerprint density at radius 1 is 0.880 bits per heavy atom. The summed E-state index contributed by atoms with van der Waals surface area (Å²) in [5.74, 6) is 0. The van der Waals surface area contributed by atoms with Gasteiger partial charge in [0, 0.05) is 5.25 Å². The summed E-state index contributed by atoms with van der Waals surface area (Å²) in [6.45, 7) is 7.86. The zero-order valence-electron chi connectivity index (χ0n) is 16.0. The van der Waals surface area contributed by atoms with Gasteiger partial charge in [-0.3, -0.25) is 4.21 Å². The standard InChI is InChI=1S/C20H34O4S/c1-16(7-5-9-18(3)14-21)11-12-20(25(23)24)13-17(2)8-6-10-19(4)15-22/h9-11,13,20-22H,5-8,12,14-15H2,1-4H3,(H,23,24)/p-1. The van der Waals surface area contributed by atoms with E-state index in [1.165, 1.54) is 0 Å². The lowest BCUT2D eigenvalue weighted by atomic mass is 10.1. The summed E-state index contributed by atoms with van der Waals surface area (Å²) >= 11 is -2.14. The molecule has 0 saturated heterocycles. The van der Waals surface area contributed by atoms with Gasteiger partial charge in [0.1, 0.15) is 0 Å². The molecule has 0 aliphatic heterocycles. The van der Waals surface area contributed by atoms with Crippen LogP contribution in [0.15, 0.2) is 46.6 Å². The van der Waals surface area contributed by atoms with E-state index in [-0.39, 0.29) is 13.2 Å². The van der Waals surface area contributed by atoms with Crippen LogP contribution in [0.25, 0.3) is 0 Å². The molecule has 25 heavy (non-hydrogen) atoms. The largest absolute Gasteiger partial charge is 0.772 e. The smallest absolute Gasteiger partial charge is 0.0639 e. The highest BCUT2D eigenvalue weighted by atomic mass is 32.2. The predicted molar refractivity (Wildman–Crippen MR) is 105 cm³/mol. The molecule has 0 radical (unpaired) electrons. The zero-order chi connectivity index (χ0) is 19.2. The first-order chi connectivity index (χ1) is 11.8. The molecule has 0 heterocycles. The number of aliphatic hydroxyl groups is 2. The maximum Gasteiger partial charge on any atom is 0.0639 e. The summed E-state index contributed by atoms with van der Waals surface area (Å²) < 4.78 is 22.9. The molecule has 0 spiro atoms. The maximum absolute atomic E-state index is 11.5. The van der Waals surface area contributed by atoms with Crippen LogP contribution in [0.4, 0.5) is 0 Å². The van der Waals surface area contributed by atoms with Crippen molar-refractivity contribution in [1.29, 1.82) is 0 Å². The van der Waals surface area contributed by atoms with Crippen molar-refractivity contribution < 1.29 is 19.0 Å². The molecular weight excluding hydrogens is 336 g/mol. The Morgan fingerprint density at radius 3 is 1.80 bits per heavy atom. The summed E-state index contributed by atoms with van der Waals surface area (Å²) in [7, 11) is 0. The molecule has 0 aliphatic rings. The monoisotopic (exact) mass is 369 g/mol. The van der Waals surface area contributed by atoms with Crippen LogP contribution in [-0.4, -0.2) is 37.4 Å². The second kappa shape index (κ2) is 14.2. The summed E-state index contributed by atoms with van der Waals surface area (Å²) in [5.41, 5.74) is 4.09. The quantitative estimate of drug-likeness (QED) is 0.403. The zero-order valence-corrected chi connectivity index (χ0v) is 16.8. The normalized spacial score (nSPS) is 16.9. The van der Waals surface area contributed by atoms with Gasteiger partial charge in [0.2, 0.25) is 0 Å². The molecule has 0 amide bonds. The molecule has 2 unspecified atom stereocenters. The lowest BCUT2D eigenvalue weighted by Crippen LogP contribution is -2.11. The van der Waals surface area contributed by atoms with E-state index in [4.69, 9.17) is 10.2 Å². The van der Waals surface area contributed by atoms with Crippen molar-refractivity contribution in [2.24, 2.45) is 0 Å². The predicted octanol–water partition coefficient (Wildman–Crippen LogP) is 3.95. The molecule has 2 atom stereocenters. The molecule has 0 bridgehead atoms. The molecular formula is C20H33O4S-. The van der Waals surface area contributed by atoms with Gasteiger partial charge in [0.25, 0.3) is 0 Å².